The Morgan fingerprint density at radius 2 is 1.73 bits per heavy atom. The number of hydrogen-bond acceptors (Lipinski definition) is 6. The van der Waals surface area contributed by atoms with Crippen molar-refractivity contribution in [2.24, 2.45) is 0 Å². The Labute approximate surface area is 191 Å². The molecule has 1 N–H and O–H groups in total. The van der Waals surface area contributed by atoms with Gasteiger partial charge in [0.2, 0.25) is 5.91 Å². The highest BCUT2D eigenvalue weighted by Gasteiger charge is 2.45. The van der Waals surface area contributed by atoms with Gasteiger partial charge in [0.15, 0.2) is 6.61 Å². The summed E-state index contributed by atoms with van der Waals surface area (Å²) >= 11 is 0. The number of imide groups is 1. The lowest BCUT2D eigenvalue weighted by Gasteiger charge is -2.26. The summed E-state index contributed by atoms with van der Waals surface area (Å²) < 4.78 is 10.8. The van der Waals surface area contributed by atoms with Crippen molar-refractivity contribution in [1.29, 1.82) is 0 Å². The molecule has 2 aromatic rings. The van der Waals surface area contributed by atoms with Crippen LogP contribution in [0.1, 0.15) is 20.3 Å². The molecule has 1 saturated heterocycles. The molecule has 1 aliphatic heterocycles. The second-order valence-electron chi connectivity index (χ2n) is 7.06. The summed E-state index contributed by atoms with van der Waals surface area (Å²) in [6.07, 6.45) is 2.41. The molecule has 4 amide bonds. The fourth-order valence-electron chi connectivity index (χ4n) is 3.29. The molecule has 0 radical (unpaired) electrons. The van der Waals surface area contributed by atoms with E-state index in [0.29, 0.717) is 23.8 Å². The number of nitrogens with zero attached hydrogens (tertiary/aromatic N) is 2. The quantitative estimate of drug-likeness (QED) is 0.375. The first-order chi connectivity index (χ1) is 15.9. The highest BCUT2D eigenvalue weighted by atomic mass is 16.5. The van der Waals surface area contributed by atoms with Crippen LogP contribution in [-0.2, 0) is 19.2 Å². The number of allylic oxidation sites excluding steroid dienone is 1. The smallest absolute Gasteiger partial charge is 0.276 e. The third-order valence-electron chi connectivity index (χ3n) is 4.75. The molecule has 1 atom stereocenters. The molecule has 33 heavy (non-hydrogen) atoms. The molecule has 9 heteroatoms. The number of anilines is 1. The van der Waals surface area contributed by atoms with Gasteiger partial charge >= 0.3 is 0 Å². The van der Waals surface area contributed by atoms with Crippen LogP contribution in [0.3, 0.4) is 0 Å². The van der Waals surface area contributed by atoms with Gasteiger partial charge in [-0.3, -0.25) is 24.6 Å². The number of hydrazine groups is 1. The van der Waals surface area contributed by atoms with Crippen LogP contribution in [0.4, 0.5) is 5.69 Å². The average Bonchev–Trinajstić information content (AvgIpc) is 3.11. The van der Waals surface area contributed by atoms with E-state index < -0.39 is 29.7 Å². The third kappa shape index (κ3) is 5.76. The van der Waals surface area contributed by atoms with E-state index in [1.54, 1.807) is 55.5 Å². The van der Waals surface area contributed by atoms with Crippen LogP contribution in [0.25, 0.3) is 0 Å². The molecule has 1 fully saturated rings. The van der Waals surface area contributed by atoms with E-state index in [-0.39, 0.29) is 13.0 Å². The van der Waals surface area contributed by atoms with Crippen LogP contribution < -0.4 is 19.8 Å². The number of hydrogen-bond donors (Lipinski definition) is 1. The molecule has 0 saturated carbocycles. The average molecular weight is 451 g/mol. The SMILES string of the molecule is CC=CC(=O)N(NC(=O)COc1ccccc1)C1CC(=O)N(c2ccc(OCC)cc2)C1=O. The minimum atomic E-state index is -1.19. The molecule has 0 aromatic heterocycles. The second-order valence-corrected chi connectivity index (χ2v) is 7.06. The van der Waals surface area contributed by atoms with E-state index in [2.05, 4.69) is 5.43 Å². The van der Waals surface area contributed by atoms with Crippen LogP contribution in [0.2, 0.25) is 0 Å². The molecule has 3 rings (SSSR count). The largest absolute Gasteiger partial charge is 0.494 e. The predicted octanol–water partition coefficient (Wildman–Crippen LogP) is 2.23. The van der Waals surface area contributed by atoms with Gasteiger partial charge in [-0.15, -0.1) is 0 Å². The Kier molecular flexibility index (Phi) is 7.80. The molecule has 0 bridgehead atoms. The van der Waals surface area contributed by atoms with Crippen LogP contribution in [0.15, 0.2) is 66.7 Å². The summed E-state index contributed by atoms with van der Waals surface area (Å²) in [5.74, 6) is -1.30. The van der Waals surface area contributed by atoms with Gasteiger partial charge in [0.1, 0.15) is 17.5 Å². The monoisotopic (exact) mass is 451 g/mol. The van der Waals surface area contributed by atoms with E-state index in [4.69, 9.17) is 9.47 Å². The third-order valence-corrected chi connectivity index (χ3v) is 4.75. The highest BCUT2D eigenvalue weighted by molar-refractivity contribution is 6.23. The number of para-hydroxylation sites is 1. The maximum Gasteiger partial charge on any atom is 0.276 e. The van der Waals surface area contributed by atoms with E-state index in [9.17, 15) is 19.2 Å². The van der Waals surface area contributed by atoms with Gasteiger partial charge in [-0.2, -0.15) is 0 Å². The first-order valence-electron chi connectivity index (χ1n) is 10.5. The molecule has 0 spiro atoms. The fourth-order valence-corrected chi connectivity index (χ4v) is 3.29. The van der Waals surface area contributed by atoms with E-state index in [1.165, 1.54) is 12.2 Å². The zero-order valence-corrected chi connectivity index (χ0v) is 18.4. The van der Waals surface area contributed by atoms with Crippen molar-refractivity contribution >= 4 is 29.3 Å². The lowest BCUT2D eigenvalue weighted by Crippen LogP contribution is -2.55. The van der Waals surface area contributed by atoms with E-state index in [1.807, 2.05) is 13.0 Å². The Morgan fingerprint density at radius 3 is 2.36 bits per heavy atom. The van der Waals surface area contributed by atoms with Crippen molar-refractivity contribution in [2.75, 3.05) is 18.1 Å². The molecule has 1 heterocycles. The lowest BCUT2D eigenvalue weighted by atomic mass is 10.2. The maximum absolute atomic E-state index is 13.1. The molecule has 0 aliphatic carbocycles. The minimum absolute atomic E-state index is 0.269. The number of carbonyl (C=O) groups excluding carboxylic acids is 4. The van der Waals surface area contributed by atoms with Crippen molar-refractivity contribution in [3.63, 3.8) is 0 Å². The Balaban J connectivity index is 1.75. The molecule has 2 aromatic carbocycles. The van der Waals surface area contributed by atoms with Gasteiger partial charge in [0, 0.05) is 6.08 Å². The second kappa shape index (κ2) is 10.9. The molecule has 172 valence electrons. The topological polar surface area (TPSA) is 105 Å². The van der Waals surface area contributed by atoms with E-state index >= 15 is 0 Å². The Bertz CT molecular complexity index is 1040. The van der Waals surface area contributed by atoms with Crippen molar-refractivity contribution in [2.45, 2.75) is 26.3 Å². The summed E-state index contributed by atoms with van der Waals surface area (Å²) in [7, 11) is 0. The summed E-state index contributed by atoms with van der Waals surface area (Å²) in [4.78, 5) is 51.9. The number of nitrogens with one attached hydrogen (secondary N) is 1. The molecule has 1 unspecified atom stereocenters. The van der Waals surface area contributed by atoms with Crippen LogP contribution in [0, 0.1) is 0 Å². The van der Waals surface area contributed by atoms with Gasteiger partial charge < -0.3 is 9.47 Å². The number of rotatable bonds is 8. The number of benzene rings is 2. The van der Waals surface area contributed by atoms with Crippen LogP contribution >= 0.6 is 0 Å². The summed E-state index contributed by atoms with van der Waals surface area (Å²) in [6.45, 7) is 3.59. The summed E-state index contributed by atoms with van der Waals surface area (Å²) in [5.41, 5.74) is 2.77. The lowest BCUT2D eigenvalue weighted by molar-refractivity contribution is -0.144. The first kappa shape index (κ1) is 23.5. The van der Waals surface area contributed by atoms with Gasteiger partial charge in [-0.05, 0) is 50.2 Å². The predicted molar refractivity (Wildman–Crippen MR) is 120 cm³/mol. The molecular formula is C24H25N3O6. The Morgan fingerprint density at radius 1 is 1.06 bits per heavy atom. The maximum atomic E-state index is 13.1. The molecule has 1 aliphatic rings. The zero-order chi connectivity index (χ0) is 23.8. The number of ether oxygens (including phenoxy) is 2. The molecule has 9 nitrogen and oxygen atoms in total. The van der Waals surface area contributed by atoms with Crippen LogP contribution in [0.5, 0.6) is 11.5 Å². The summed E-state index contributed by atoms with van der Waals surface area (Å²) in [5, 5.41) is 0.880. The summed E-state index contributed by atoms with van der Waals surface area (Å²) in [6, 6.07) is 14.0. The van der Waals surface area contributed by atoms with Crippen molar-refractivity contribution in [1.82, 2.24) is 10.4 Å². The van der Waals surface area contributed by atoms with Gasteiger partial charge in [-0.1, -0.05) is 24.3 Å². The molecular weight excluding hydrogens is 426 g/mol. The highest BCUT2D eigenvalue weighted by Crippen LogP contribution is 2.27. The van der Waals surface area contributed by atoms with Gasteiger partial charge in [-0.25, -0.2) is 9.91 Å². The van der Waals surface area contributed by atoms with Gasteiger partial charge in [0.05, 0.1) is 18.7 Å². The van der Waals surface area contributed by atoms with Crippen molar-refractivity contribution < 1.29 is 28.7 Å². The normalized spacial score (nSPS) is 15.6. The number of amides is 4. The fraction of sp³-hybridized carbons (Fsp3) is 0.250. The van der Waals surface area contributed by atoms with Gasteiger partial charge in [0.25, 0.3) is 17.7 Å². The Hall–Kier alpha value is -4.14. The first-order valence-corrected chi connectivity index (χ1v) is 10.5. The standard InChI is InChI=1S/C24H25N3O6/c1-3-8-22(29)27(25-21(28)16-33-18-9-6-5-7-10-18)20-15-23(30)26(24(20)31)17-11-13-19(14-12-17)32-4-2/h3,5-14,20H,4,15-16H2,1-2H3,(H,25,28). The zero-order valence-electron chi connectivity index (χ0n) is 18.4. The van der Waals surface area contributed by atoms with Crippen LogP contribution in [-0.4, -0.2) is 47.9 Å². The van der Waals surface area contributed by atoms with E-state index in [0.717, 1.165) is 9.91 Å². The minimum Gasteiger partial charge on any atom is -0.494 e. The van der Waals surface area contributed by atoms with Crippen molar-refractivity contribution in [3.05, 3.63) is 66.7 Å². The number of carbonyl (C=O) groups is 4. The van der Waals surface area contributed by atoms with Crippen molar-refractivity contribution in [3.8, 4) is 11.5 Å².